The number of aromatic carboxylic acids is 1. The Balaban J connectivity index is 2.16. The van der Waals surface area contributed by atoms with Gasteiger partial charge in [0.1, 0.15) is 11.9 Å². The molecule has 1 aromatic heterocycles. The molecule has 0 bridgehead atoms. The van der Waals surface area contributed by atoms with Crippen LogP contribution in [0.2, 0.25) is 0 Å². The zero-order valence-corrected chi connectivity index (χ0v) is 11.8. The number of halogens is 1. The van der Waals surface area contributed by atoms with E-state index in [4.69, 9.17) is 5.11 Å². The Morgan fingerprint density at radius 2 is 2.21 bits per heavy atom. The van der Waals surface area contributed by atoms with Gasteiger partial charge < -0.3 is 10.4 Å². The van der Waals surface area contributed by atoms with Gasteiger partial charge in [0.2, 0.25) is 0 Å². The summed E-state index contributed by atoms with van der Waals surface area (Å²) in [6.45, 7) is 2.32. The minimum atomic E-state index is -1.03. The van der Waals surface area contributed by atoms with Crippen molar-refractivity contribution in [1.29, 1.82) is 0 Å². The highest BCUT2D eigenvalue weighted by molar-refractivity contribution is 9.10. The van der Waals surface area contributed by atoms with E-state index in [2.05, 4.69) is 31.2 Å². The summed E-state index contributed by atoms with van der Waals surface area (Å²) >= 11 is 3.42. The van der Waals surface area contributed by atoms with Gasteiger partial charge in [0.25, 0.3) is 0 Å². The second-order valence-corrected chi connectivity index (χ2v) is 4.97. The zero-order chi connectivity index (χ0) is 13.8. The molecule has 0 fully saturated rings. The maximum atomic E-state index is 11.0. The van der Waals surface area contributed by atoms with Crippen LogP contribution in [0.5, 0.6) is 0 Å². The van der Waals surface area contributed by atoms with Crippen molar-refractivity contribution < 1.29 is 9.90 Å². The van der Waals surface area contributed by atoms with Gasteiger partial charge in [-0.2, -0.15) is 0 Å². The Labute approximate surface area is 118 Å². The maximum Gasteiger partial charge on any atom is 0.339 e. The van der Waals surface area contributed by atoms with E-state index >= 15 is 0 Å². The molecule has 0 aliphatic heterocycles. The van der Waals surface area contributed by atoms with E-state index in [9.17, 15) is 4.79 Å². The van der Waals surface area contributed by atoms with E-state index < -0.39 is 5.97 Å². The van der Waals surface area contributed by atoms with Crippen molar-refractivity contribution in [2.24, 2.45) is 0 Å². The lowest BCUT2D eigenvalue weighted by atomic mass is 10.2. The number of rotatable bonds is 4. The third-order valence-corrected chi connectivity index (χ3v) is 2.99. The Morgan fingerprint density at radius 3 is 2.89 bits per heavy atom. The highest BCUT2D eigenvalue weighted by atomic mass is 79.9. The molecule has 2 rings (SSSR count). The van der Waals surface area contributed by atoms with Crippen LogP contribution in [0.4, 0.5) is 5.69 Å². The van der Waals surface area contributed by atoms with Crippen molar-refractivity contribution in [2.75, 3.05) is 5.32 Å². The first-order valence-electron chi connectivity index (χ1n) is 5.59. The maximum absolute atomic E-state index is 11.0. The molecule has 0 saturated heterocycles. The lowest BCUT2D eigenvalue weighted by molar-refractivity contribution is 0.0694. The van der Waals surface area contributed by atoms with Crippen LogP contribution in [-0.4, -0.2) is 21.0 Å². The Bertz CT molecular complexity index is 596. The van der Waals surface area contributed by atoms with E-state index in [0.29, 0.717) is 12.2 Å². The normalized spacial score (nSPS) is 10.2. The highest BCUT2D eigenvalue weighted by Gasteiger charge is 2.10. The fourth-order valence-corrected chi connectivity index (χ4v) is 2.31. The summed E-state index contributed by atoms with van der Waals surface area (Å²) in [6.07, 6.45) is 2.65. The number of hydrogen-bond acceptors (Lipinski definition) is 4. The number of carboxylic acids is 1. The molecule has 1 aromatic carbocycles. The lowest BCUT2D eigenvalue weighted by Crippen LogP contribution is -2.10. The van der Waals surface area contributed by atoms with Crippen molar-refractivity contribution in [1.82, 2.24) is 9.97 Å². The summed E-state index contributed by atoms with van der Waals surface area (Å²) in [5.74, 6) is -1.03. The van der Waals surface area contributed by atoms with E-state index in [1.54, 1.807) is 0 Å². The van der Waals surface area contributed by atoms with Crippen LogP contribution in [0.3, 0.4) is 0 Å². The smallest absolute Gasteiger partial charge is 0.339 e. The summed E-state index contributed by atoms with van der Waals surface area (Å²) < 4.78 is 0.969. The van der Waals surface area contributed by atoms with Gasteiger partial charge in [-0.05, 0) is 30.7 Å². The number of carboxylic acid groups (broad SMARTS) is 1. The van der Waals surface area contributed by atoms with Gasteiger partial charge in [-0.1, -0.05) is 15.9 Å². The second-order valence-electron chi connectivity index (χ2n) is 4.06. The lowest BCUT2D eigenvalue weighted by Gasteiger charge is -2.09. The fourth-order valence-electron chi connectivity index (χ4n) is 1.70. The topological polar surface area (TPSA) is 75.1 Å². The van der Waals surface area contributed by atoms with Crippen LogP contribution in [-0.2, 0) is 6.54 Å². The number of benzene rings is 1. The average Bonchev–Trinajstić information content (AvgIpc) is 2.35. The molecule has 6 heteroatoms. The van der Waals surface area contributed by atoms with Crippen molar-refractivity contribution in [2.45, 2.75) is 13.5 Å². The monoisotopic (exact) mass is 321 g/mol. The molecule has 0 aliphatic rings. The molecule has 0 amide bonds. The number of hydrogen-bond donors (Lipinski definition) is 2. The Morgan fingerprint density at radius 1 is 1.42 bits per heavy atom. The molecule has 19 heavy (non-hydrogen) atoms. The molecule has 0 spiro atoms. The summed E-state index contributed by atoms with van der Waals surface area (Å²) in [6, 6.07) is 5.90. The molecule has 0 atom stereocenters. The second kappa shape index (κ2) is 5.79. The van der Waals surface area contributed by atoms with Crippen LogP contribution >= 0.6 is 15.9 Å². The predicted octanol–water partition coefficient (Wildman–Crippen LogP) is 2.86. The van der Waals surface area contributed by atoms with Crippen molar-refractivity contribution >= 4 is 27.6 Å². The van der Waals surface area contributed by atoms with Crippen molar-refractivity contribution in [3.8, 4) is 0 Å². The quantitative estimate of drug-likeness (QED) is 0.905. The number of nitrogens with one attached hydrogen (secondary N) is 1. The van der Waals surface area contributed by atoms with Gasteiger partial charge in [0.15, 0.2) is 0 Å². The van der Waals surface area contributed by atoms with Crippen molar-refractivity contribution in [3.63, 3.8) is 0 Å². The third-order valence-electron chi connectivity index (χ3n) is 2.53. The average molecular weight is 322 g/mol. The molecule has 1 heterocycles. The standard InChI is InChI=1S/C13H12BrN3O2/c1-8-2-9(14)4-10(3-8)16-6-12-11(13(18)19)5-15-7-17-12/h2-5,7,16H,6H2,1H3,(H,18,19). The predicted molar refractivity (Wildman–Crippen MR) is 75.2 cm³/mol. The van der Waals surface area contributed by atoms with Gasteiger partial charge in [0, 0.05) is 16.4 Å². The van der Waals surface area contributed by atoms with Crippen molar-refractivity contribution in [3.05, 3.63) is 52.0 Å². The largest absolute Gasteiger partial charge is 0.478 e. The molecule has 0 aliphatic carbocycles. The summed E-state index contributed by atoms with van der Waals surface area (Å²) in [5, 5.41) is 12.2. The minimum Gasteiger partial charge on any atom is -0.478 e. The number of anilines is 1. The highest BCUT2D eigenvalue weighted by Crippen LogP contribution is 2.19. The van der Waals surface area contributed by atoms with E-state index in [1.165, 1.54) is 12.5 Å². The molecule has 0 unspecified atom stereocenters. The summed E-state index contributed by atoms with van der Waals surface area (Å²) in [5.41, 5.74) is 2.58. The van der Waals surface area contributed by atoms with Crippen LogP contribution < -0.4 is 5.32 Å². The first-order valence-corrected chi connectivity index (χ1v) is 6.39. The Kier molecular flexibility index (Phi) is 4.11. The molecular formula is C13H12BrN3O2. The first kappa shape index (κ1) is 13.5. The zero-order valence-electron chi connectivity index (χ0n) is 10.2. The molecular weight excluding hydrogens is 310 g/mol. The van der Waals surface area contributed by atoms with Gasteiger partial charge >= 0.3 is 5.97 Å². The fraction of sp³-hybridized carbons (Fsp3) is 0.154. The molecule has 98 valence electrons. The SMILES string of the molecule is Cc1cc(Br)cc(NCc2ncncc2C(=O)O)c1. The van der Waals surface area contributed by atoms with Gasteiger partial charge in [-0.15, -0.1) is 0 Å². The number of aromatic nitrogens is 2. The third kappa shape index (κ3) is 3.51. The number of nitrogens with zero attached hydrogens (tertiary/aromatic N) is 2. The van der Waals surface area contributed by atoms with E-state index in [-0.39, 0.29) is 5.56 Å². The van der Waals surface area contributed by atoms with Crippen LogP contribution in [0, 0.1) is 6.92 Å². The van der Waals surface area contributed by atoms with E-state index in [1.807, 2.05) is 25.1 Å². The first-order chi connectivity index (χ1) is 9.06. The van der Waals surface area contributed by atoms with Gasteiger partial charge in [-0.3, -0.25) is 0 Å². The van der Waals surface area contributed by atoms with Crippen LogP contribution in [0.1, 0.15) is 21.6 Å². The molecule has 2 N–H and O–H groups in total. The molecule has 0 radical (unpaired) electrons. The molecule has 2 aromatic rings. The molecule has 0 saturated carbocycles. The summed E-state index contributed by atoms with van der Waals surface area (Å²) in [7, 11) is 0. The summed E-state index contributed by atoms with van der Waals surface area (Å²) in [4.78, 5) is 18.7. The van der Waals surface area contributed by atoms with E-state index in [0.717, 1.165) is 15.7 Å². The molecule has 5 nitrogen and oxygen atoms in total. The Hall–Kier alpha value is -1.95. The number of carbonyl (C=O) groups is 1. The van der Waals surface area contributed by atoms with Gasteiger partial charge in [0.05, 0.1) is 12.2 Å². The number of aryl methyl sites for hydroxylation is 1. The van der Waals surface area contributed by atoms with Gasteiger partial charge in [-0.25, -0.2) is 14.8 Å². The van der Waals surface area contributed by atoms with Crippen LogP contribution in [0.15, 0.2) is 35.2 Å². The van der Waals surface area contributed by atoms with Crippen LogP contribution in [0.25, 0.3) is 0 Å². The minimum absolute atomic E-state index is 0.113.